The molecule has 28 heavy (non-hydrogen) atoms. The van der Waals surface area contributed by atoms with Crippen LogP contribution in [0, 0.1) is 0 Å². The number of aliphatic hydroxyl groups excluding tert-OH is 2. The molecule has 0 fully saturated rings. The summed E-state index contributed by atoms with van der Waals surface area (Å²) < 4.78 is 4.40. The third-order valence-corrected chi connectivity index (χ3v) is 5.12. The van der Waals surface area contributed by atoms with Crippen molar-refractivity contribution in [3.05, 3.63) is 0 Å². The van der Waals surface area contributed by atoms with Crippen LogP contribution < -0.4 is 0 Å². The second-order valence-electron chi connectivity index (χ2n) is 7.92. The van der Waals surface area contributed by atoms with E-state index in [0.29, 0.717) is 6.42 Å². The fourth-order valence-corrected chi connectivity index (χ4v) is 3.13. The van der Waals surface area contributed by atoms with E-state index in [9.17, 15) is 19.8 Å². The molecule has 0 aliphatic heterocycles. The standard InChI is InChI=1S/C22H42O6/c1-3-4-5-6-7-8-9-10-11-12-13-14-15-16-17-22(27,18-23)21(26)28-20(25)19(2)24/h19,23-24,27H,3-18H2,1-2H3. The lowest BCUT2D eigenvalue weighted by Gasteiger charge is -2.23. The van der Waals surface area contributed by atoms with Crippen molar-refractivity contribution < 1.29 is 29.6 Å². The lowest BCUT2D eigenvalue weighted by Crippen LogP contribution is -2.45. The zero-order valence-electron chi connectivity index (χ0n) is 18.0. The smallest absolute Gasteiger partial charge is 0.348 e. The van der Waals surface area contributed by atoms with Gasteiger partial charge in [0.2, 0.25) is 0 Å². The molecule has 0 heterocycles. The summed E-state index contributed by atoms with van der Waals surface area (Å²) in [5, 5.41) is 28.5. The van der Waals surface area contributed by atoms with E-state index in [4.69, 9.17) is 5.11 Å². The van der Waals surface area contributed by atoms with Crippen LogP contribution in [-0.4, -0.2) is 45.6 Å². The Bertz CT molecular complexity index is 410. The molecule has 0 aliphatic carbocycles. The van der Waals surface area contributed by atoms with Crippen LogP contribution in [0.25, 0.3) is 0 Å². The topological polar surface area (TPSA) is 104 Å². The van der Waals surface area contributed by atoms with Gasteiger partial charge in [-0.3, -0.25) is 0 Å². The Morgan fingerprint density at radius 1 is 0.821 bits per heavy atom. The Balaban J connectivity index is 3.66. The molecule has 6 heteroatoms. The molecule has 3 N–H and O–H groups in total. The van der Waals surface area contributed by atoms with Gasteiger partial charge in [0.05, 0.1) is 6.61 Å². The Morgan fingerprint density at radius 3 is 1.57 bits per heavy atom. The normalized spacial score (nSPS) is 14.5. The first-order valence-corrected chi connectivity index (χ1v) is 11.1. The summed E-state index contributed by atoms with van der Waals surface area (Å²) in [4.78, 5) is 23.0. The highest BCUT2D eigenvalue weighted by atomic mass is 16.6. The van der Waals surface area contributed by atoms with Crippen LogP contribution in [-0.2, 0) is 14.3 Å². The van der Waals surface area contributed by atoms with Gasteiger partial charge in [-0.05, 0) is 19.8 Å². The third-order valence-electron chi connectivity index (χ3n) is 5.12. The molecule has 0 saturated heterocycles. The highest BCUT2D eigenvalue weighted by Crippen LogP contribution is 2.19. The first-order chi connectivity index (χ1) is 13.4. The highest BCUT2D eigenvalue weighted by molar-refractivity contribution is 5.91. The van der Waals surface area contributed by atoms with Gasteiger partial charge in [-0.2, -0.15) is 0 Å². The van der Waals surface area contributed by atoms with E-state index in [0.717, 1.165) is 19.3 Å². The molecule has 2 unspecified atom stereocenters. The van der Waals surface area contributed by atoms with Crippen LogP contribution in [0.2, 0.25) is 0 Å². The van der Waals surface area contributed by atoms with Crippen molar-refractivity contribution in [2.24, 2.45) is 0 Å². The van der Waals surface area contributed by atoms with Gasteiger partial charge in [-0.15, -0.1) is 0 Å². The van der Waals surface area contributed by atoms with Crippen molar-refractivity contribution in [3.8, 4) is 0 Å². The second kappa shape index (κ2) is 16.9. The third kappa shape index (κ3) is 13.2. The quantitative estimate of drug-likeness (QED) is 0.182. The molecule has 0 bridgehead atoms. The van der Waals surface area contributed by atoms with Crippen molar-refractivity contribution in [1.82, 2.24) is 0 Å². The first kappa shape index (κ1) is 27.0. The number of carbonyl (C=O) groups excluding carboxylic acids is 2. The summed E-state index contributed by atoms with van der Waals surface area (Å²) in [7, 11) is 0. The predicted molar refractivity (Wildman–Crippen MR) is 110 cm³/mol. The van der Waals surface area contributed by atoms with Crippen molar-refractivity contribution in [3.63, 3.8) is 0 Å². The largest absolute Gasteiger partial charge is 0.393 e. The molecule has 0 aliphatic rings. The molecule has 0 aromatic heterocycles. The van der Waals surface area contributed by atoms with Gasteiger partial charge in [-0.1, -0.05) is 90.4 Å². The highest BCUT2D eigenvalue weighted by Gasteiger charge is 2.38. The zero-order valence-corrected chi connectivity index (χ0v) is 18.0. The predicted octanol–water partition coefficient (Wildman–Crippen LogP) is 4.03. The molecule has 6 nitrogen and oxygen atoms in total. The van der Waals surface area contributed by atoms with Gasteiger partial charge >= 0.3 is 11.9 Å². The number of hydrogen-bond acceptors (Lipinski definition) is 6. The number of hydrogen-bond donors (Lipinski definition) is 3. The number of carbonyl (C=O) groups is 2. The molecule has 0 spiro atoms. The summed E-state index contributed by atoms with van der Waals surface area (Å²) >= 11 is 0. The maximum Gasteiger partial charge on any atom is 0.348 e. The van der Waals surface area contributed by atoms with Gasteiger partial charge in [0.1, 0.15) is 6.10 Å². The van der Waals surface area contributed by atoms with Crippen LogP contribution in [0.15, 0.2) is 0 Å². The van der Waals surface area contributed by atoms with Gasteiger partial charge < -0.3 is 20.1 Å². The van der Waals surface area contributed by atoms with E-state index in [1.54, 1.807) is 0 Å². The molecule has 0 aromatic carbocycles. The van der Waals surface area contributed by atoms with Gasteiger partial charge in [0, 0.05) is 0 Å². The van der Waals surface area contributed by atoms with E-state index < -0.39 is 30.3 Å². The average molecular weight is 403 g/mol. The lowest BCUT2D eigenvalue weighted by atomic mass is 9.96. The summed E-state index contributed by atoms with van der Waals surface area (Å²) in [5.41, 5.74) is -2.08. The number of ether oxygens (including phenoxy) is 1. The van der Waals surface area contributed by atoms with Crippen LogP contribution in [0.1, 0.15) is 110 Å². The SMILES string of the molecule is CCCCCCCCCCCCCCCCC(O)(CO)C(=O)OC(=O)C(C)O. The molecule has 0 amide bonds. The van der Waals surface area contributed by atoms with Crippen molar-refractivity contribution in [2.75, 3.05) is 6.61 Å². The molecular formula is C22H42O6. The maximum atomic E-state index is 11.8. The lowest BCUT2D eigenvalue weighted by molar-refractivity contribution is -0.181. The molecular weight excluding hydrogens is 360 g/mol. The van der Waals surface area contributed by atoms with Crippen LogP contribution in [0.4, 0.5) is 0 Å². The number of esters is 2. The van der Waals surface area contributed by atoms with Gasteiger partial charge in [0.15, 0.2) is 5.60 Å². The van der Waals surface area contributed by atoms with E-state index in [1.807, 2.05) is 0 Å². The van der Waals surface area contributed by atoms with Crippen molar-refractivity contribution in [2.45, 2.75) is 122 Å². The summed E-state index contributed by atoms with van der Waals surface area (Å²) in [6.07, 6.45) is 15.3. The van der Waals surface area contributed by atoms with E-state index >= 15 is 0 Å². The number of aliphatic hydroxyl groups is 3. The van der Waals surface area contributed by atoms with Crippen molar-refractivity contribution >= 4 is 11.9 Å². The monoisotopic (exact) mass is 402 g/mol. The molecule has 0 rings (SSSR count). The summed E-state index contributed by atoms with van der Waals surface area (Å²) in [6.45, 7) is 2.60. The Kier molecular flexibility index (Phi) is 16.3. The first-order valence-electron chi connectivity index (χ1n) is 11.1. The minimum atomic E-state index is -2.08. The van der Waals surface area contributed by atoms with Gasteiger partial charge in [0.25, 0.3) is 0 Å². The van der Waals surface area contributed by atoms with Crippen molar-refractivity contribution in [1.29, 1.82) is 0 Å². The van der Waals surface area contributed by atoms with Gasteiger partial charge in [-0.25, -0.2) is 9.59 Å². The molecule has 0 saturated carbocycles. The minimum absolute atomic E-state index is 0.0352. The molecule has 166 valence electrons. The number of unbranched alkanes of at least 4 members (excludes halogenated alkanes) is 13. The summed E-state index contributed by atoms with van der Waals surface area (Å²) in [6, 6.07) is 0. The average Bonchev–Trinajstić information content (AvgIpc) is 2.67. The molecule has 0 radical (unpaired) electrons. The Morgan fingerprint density at radius 2 is 1.21 bits per heavy atom. The minimum Gasteiger partial charge on any atom is -0.393 e. The van der Waals surface area contributed by atoms with Crippen LogP contribution in [0.3, 0.4) is 0 Å². The number of rotatable bonds is 18. The molecule has 0 aromatic rings. The van der Waals surface area contributed by atoms with E-state index in [2.05, 4.69) is 11.7 Å². The van der Waals surface area contributed by atoms with Crippen LogP contribution in [0.5, 0.6) is 0 Å². The fourth-order valence-electron chi connectivity index (χ4n) is 3.13. The van der Waals surface area contributed by atoms with E-state index in [1.165, 1.54) is 71.1 Å². The fraction of sp³-hybridized carbons (Fsp3) is 0.909. The van der Waals surface area contributed by atoms with E-state index in [-0.39, 0.29) is 6.42 Å². The maximum absolute atomic E-state index is 11.8. The molecule has 2 atom stereocenters. The zero-order chi connectivity index (χ0) is 21.3. The Labute approximate surface area is 170 Å². The van der Waals surface area contributed by atoms with Crippen LogP contribution >= 0.6 is 0 Å². The second-order valence-corrected chi connectivity index (χ2v) is 7.92. The Hall–Kier alpha value is -0.980. The summed E-state index contributed by atoms with van der Waals surface area (Å²) in [5.74, 6) is -2.33.